The minimum Gasteiger partial charge on any atom is -0.352 e. The molecule has 0 unspecified atom stereocenters. The summed E-state index contributed by atoms with van der Waals surface area (Å²) in [6.45, 7) is 1.94. The van der Waals surface area contributed by atoms with Crippen LogP contribution in [0.5, 0.6) is 0 Å². The van der Waals surface area contributed by atoms with Crippen molar-refractivity contribution < 1.29 is 4.52 Å². The second-order valence-electron chi connectivity index (χ2n) is 4.89. The van der Waals surface area contributed by atoms with E-state index in [1.54, 1.807) is 6.33 Å². The summed E-state index contributed by atoms with van der Waals surface area (Å²) in [5, 5.41) is 4.24. The van der Waals surface area contributed by atoms with E-state index < -0.39 is 0 Å². The van der Waals surface area contributed by atoms with Crippen LogP contribution in [-0.2, 0) is 0 Å². The number of hydrogen-bond acceptors (Lipinski definition) is 4. The molecule has 1 aliphatic carbocycles. The number of hydrogen-bond donors (Lipinski definition) is 0. The topological polar surface area (TPSA) is 51.8 Å². The average molecular weight is 231 g/mol. The Bertz CT molecular complexity index is 512. The van der Waals surface area contributed by atoms with E-state index in [4.69, 9.17) is 4.52 Å². The van der Waals surface area contributed by atoms with Crippen LogP contribution in [0.25, 0.3) is 11.1 Å². The third-order valence-corrected chi connectivity index (χ3v) is 3.70. The summed E-state index contributed by atoms with van der Waals surface area (Å²) < 4.78 is 5.40. The van der Waals surface area contributed by atoms with E-state index in [9.17, 15) is 0 Å². The van der Waals surface area contributed by atoms with Gasteiger partial charge in [-0.3, -0.25) is 0 Å². The molecule has 0 bridgehead atoms. The molecule has 90 valence electrons. The van der Waals surface area contributed by atoms with Crippen LogP contribution in [0.15, 0.2) is 10.9 Å². The van der Waals surface area contributed by atoms with E-state index in [1.165, 1.54) is 38.5 Å². The van der Waals surface area contributed by atoms with Gasteiger partial charge in [0.25, 0.3) is 0 Å². The fraction of sp³-hybridized carbons (Fsp3) is 0.615. The van der Waals surface area contributed by atoms with Crippen LogP contribution in [0.1, 0.15) is 55.8 Å². The molecule has 4 nitrogen and oxygen atoms in total. The van der Waals surface area contributed by atoms with Gasteiger partial charge in [0, 0.05) is 5.92 Å². The Morgan fingerprint density at radius 3 is 2.65 bits per heavy atom. The Morgan fingerprint density at radius 1 is 1.12 bits per heavy atom. The molecular weight excluding hydrogens is 214 g/mol. The van der Waals surface area contributed by atoms with Crippen LogP contribution >= 0.6 is 0 Å². The van der Waals surface area contributed by atoms with Crippen molar-refractivity contribution in [2.45, 2.75) is 51.4 Å². The molecule has 0 amide bonds. The second-order valence-corrected chi connectivity index (χ2v) is 4.89. The molecule has 0 aliphatic heterocycles. The van der Waals surface area contributed by atoms with Crippen molar-refractivity contribution in [3.63, 3.8) is 0 Å². The Kier molecular flexibility index (Phi) is 2.79. The first-order chi connectivity index (χ1) is 8.36. The summed E-state index contributed by atoms with van der Waals surface area (Å²) in [6.07, 6.45) is 9.32. The lowest BCUT2D eigenvalue weighted by Crippen LogP contribution is -1.99. The molecule has 0 N–H and O–H groups in total. The Labute approximate surface area is 100 Å². The van der Waals surface area contributed by atoms with Gasteiger partial charge in [-0.2, -0.15) is 0 Å². The van der Waals surface area contributed by atoms with Crippen LogP contribution in [0, 0.1) is 6.92 Å². The quantitative estimate of drug-likeness (QED) is 0.706. The van der Waals surface area contributed by atoms with Gasteiger partial charge in [0.1, 0.15) is 17.5 Å². The second kappa shape index (κ2) is 4.43. The van der Waals surface area contributed by atoms with E-state index in [2.05, 4.69) is 15.1 Å². The van der Waals surface area contributed by atoms with Crippen molar-refractivity contribution in [1.82, 2.24) is 15.1 Å². The molecule has 2 aromatic rings. The predicted molar refractivity (Wildman–Crippen MR) is 64.8 cm³/mol. The maximum Gasteiger partial charge on any atom is 0.206 e. The Hall–Kier alpha value is -1.45. The van der Waals surface area contributed by atoms with Crippen molar-refractivity contribution in [1.29, 1.82) is 0 Å². The molecule has 0 spiro atoms. The van der Waals surface area contributed by atoms with Gasteiger partial charge < -0.3 is 4.52 Å². The first kappa shape index (κ1) is 10.7. The summed E-state index contributed by atoms with van der Waals surface area (Å²) in [7, 11) is 0. The van der Waals surface area contributed by atoms with Gasteiger partial charge in [0.15, 0.2) is 0 Å². The van der Waals surface area contributed by atoms with E-state index in [0.717, 1.165) is 22.5 Å². The number of nitrogens with zero attached hydrogens (tertiary/aromatic N) is 3. The largest absolute Gasteiger partial charge is 0.352 e. The van der Waals surface area contributed by atoms with Crippen LogP contribution in [0.4, 0.5) is 0 Å². The third-order valence-electron chi connectivity index (χ3n) is 3.70. The van der Waals surface area contributed by atoms with Gasteiger partial charge in [-0.1, -0.05) is 30.8 Å². The van der Waals surface area contributed by atoms with E-state index in [0.29, 0.717) is 5.92 Å². The van der Waals surface area contributed by atoms with Gasteiger partial charge in [-0.05, 0) is 19.8 Å². The van der Waals surface area contributed by atoms with Gasteiger partial charge in [-0.15, -0.1) is 0 Å². The molecule has 3 rings (SSSR count). The van der Waals surface area contributed by atoms with Crippen LogP contribution in [-0.4, -0.2) is 15.1 Å². The highest BCUT2D eigenvalue weighted by molar-refractivity contribution is 5.76. The maximum atomic E-state index is 5.40. The summed E-state index contributed by atoms with van der Waals surface area (Å²) in [5.74, 6) is 0.521. The lowest BCUT2D eigenvalue weighted by Gasteiger charge is -2.09. The molecule has 0 radical (unpaired) electrons. The standard InChI is InChI=1S/C13H17N3O/c1-9-13-12(15-8-14-9)11(16-17-13)10-6-4-2-3-5-7-10/h8,10H,2-7H2,1H3. The number of aromatic nitrogens is 3. The molecule has 0 saturated heterocycles. The normalized spacial score (nSPS) is 18.4. The minimum absolute atomic E-state index is 0.521. The fourth-order valence-electron chi connectivity index (χ4n) is 2.71. The molecule has 0 atom stereocenters. The highest BCUT2D eigenvalue weighted by atomic mass is 16.5. The summed E-state index contributed by atoms with van der Waals surface area (Å²) >= 11 is 0. The molecular formula is C13H17N3O. The molecule has 1 fully saturated rings. The highest BCUT2D eigenvalue weighted by Gasteiger charge is 2.22. The average Bonchev–Trinajstić information content (AvgIpc) is 2.59. The number of fused-ring (bicyclic) bond motifs is 1. The third kappa shape index (κ3) is 1.92. The highest BCUT2D eigenvalue weighted by Crippen LogP contribution is 2.34. The first-order valence-electron chi connectivity index (χ1n) is 6.43. The fourth-order valence-corrected chi connectivity index (χ4v) is 2.71. The minimum atomic E-state index is 0.521. The van der Waals surface area contributed by atoms with Crippen molar-refractivity contribution in [3.05, 3.63) is 17.7 Å². The maximum absolute atomic E-state index is 5.40. The van der Waals surface area contributed by atoms with Crippen LogP contribution in [0.2, 0.25) is 0 Å². The number of rotatable bonds is 1. The van der Waals surface area contributed by atoms with E-state index in [-0.39, 0.29) is 0 Å². The molecule has 1 aliphatic rings. The smallest absolute Gasteiger partial charge is 0.206 e. The molecule has 17 heavy (non-hydrogen) atoms. The lowest BCUT2D eigenvalue weighted by atomic mass is 9.96. The van der Waals surface area contributed by atoms with Crippen molar-refractivity contribution >= 4 is 11.1 Å². The van der Waals surface area contributed by atoms with E-state index >= 15 is 0 Å². The lowest BCUT2D eigenvalue weighted by molar-refractivity contribution is 0.427. The summed E-state index contributed by atoms with van der Waals surface area (Å²) in [5.41, 5.74) is 3.60. The van der Waals surface area contributed by atoms with Crippen LogP contribution in [0.3, 0.4) is 0 Å². The van der Waals surface area contributed by atoms with E-state index in [1.807, 2.05) is 6.92 Å². The Balaban J connectivity index is 2.02. The zero-order valence-electron chi connectivity index (χ0n) is 10.1. The zero-order chi connectivity index (χ0) is 11.7. The van der Waals surface area contributed by atoms with Gasteiger partial charge in [0.05, 0.1) is 5.69 Å². The van der Waals surface area contributed by atoms with Crippen molar-refractivity contribution in [2.75, 3.05) is 0 Å². The number of aryl methyl sites for hydroxylation is 1. The van der Waals surface area contributed by atoms with Crippen LogP contribution < -0.4 is 0 Å². The van der Waals surface area contributed by atoms with Gasteiger partial charge in [-0.25, -0.2) is 9.97 Å². The monoisotopic (exact) mass is 231 g/mol. The van der Waals surface area contributed by atoms with Crippen molar-refractivity contribution in [2.24, 2.45) is 0 Å². The Morgan fingerprint density at radius 2 is 1.88 bits per heavy atom. The molecule has 1 saturated carbocycles. The van der Waals surface area contributed by atoms with Gasteiger partial charge in [0.2, 0.25) is 5.58 Å². The molecule has 0 aromatic carbocycles. The summed E-state index contributed by atoms with van der Waals surface area (Å²) in [6, 6.07) is 0. The predicted octanol–water partition coefficient (Wildman–Crippen LogP) is 3.36. The molecule has 2 aromatic heterocycles. The van der Waals surface area contributed by atoms with Gasteiger partial charge >= 0.3 is 0 Å². The molecule has 2 heterocycles. The SMILES string of the molecule is Cc1ncnc2c(C3CCCCCC3)noc12. The molecule has 4 heteroatoms. The van der Waals surface area contributed by atoms with Crippen molar-refractivity contribution in [3.8, 4) is 0 Å². The first-order valence-corrected chi connectivity index (χ1v) is 6.43. The summed E-state index contributed by atoms with van der Waals surface area (Å²) in [4.78, 5) is 8.48. The zero-order valence-corrected chi connectivity index (χ0v) is 10.1.